The van der Waals surface area contributed by atoms with E-state index in [1.165, 1.54) is 0 Å². The van der Waals surface area contributed by atoms with Gasteiger partial charge in [0.2, 0.25) is 5.91 Å². The average molecular weight is 207 g/mol. The first-order chi connectivity index (χ1) is 7.26. The summed E-state index contributed by atoms with van der Waals surface area (Å²) in [6, 6.07) is 0. The van der Waals surface area contributed by atoms with Crippen molar-refractivity contribution in [3.8, 4) is 0 Å². The fourth-order valence-electron chi connectivity index (χ4n) is 1.52. The summed E-state index contributed by atoms with van der Waals surface area (Å²) in [6.07, 6.45) is 8.96. The van der Waals surface area contributed by atoms with Gasteiger partial charge in [0.25, 0.3) is 0 Å². The van der Waals surface area contributed by atoms with Gasteiger partial charge in [-0.15, -0.1) is 0 Å². The highest BCUT2D eigenvalue weighted by atomic mass is 16.5. The van der Waals surface area contributed by atoms with E-state index in [0.717, 1.165) is 18.7 Å². The molecule has 0 aromatic carbocycles. The van der Waals surface area contributed by atoms with Crippen molar-refractivity contribution in [3.63, 3.8) is 0 Å². The van der Waals surface area contributed by atoms with Crippen LogP contribution in [-0.4, -0.2) is 19.6 Å². The van der Waals surface area contributed by atoms with Gasteiger partial charge in [0.15, 0.2) is 0 Å². The number of rotatable bonds is 5. The molecule has 82 valence electrons. The molecule has 1 amide bonds. The molecule has 1 fully saturated rings. The number of ether oxygens (including phenoxy) is 1. The second-order valence-electron chi connectivity index (χ2n) is 3.52. The SMILES string of the molecule is C=C/C=C(\C=C/CC1CNC(=O)C1)OC. The molecule has 0 spiro atoms. The monoisotopic (exact) mass is 207 g/mol. The first-order valence-corrected chi connectivity index (χ1v) is 5.06. The van der Waals surface area contributed by atoms with Gasteiger partial charge >= 0.3 is 0 Å². The third-order valence-electron chi connectivity index (χ3n) is 2.33. The Hall–Kier alpha value is -1.51. The predicted octanol–water partition coefficient (Wildman–Crippen LogP) is 1.79. The van der Waals surface area contributed by atoms with E-state index in [4.69, 9.17) is 4.74 Å². The molecule has 3 nitrogen and oxygen atoms in total. The Balaban J connectivity index is 2.35. The highest BCUT2D eigenvalue weighted by Gasteiger charge is 2.19. The van der Waals surface area contributed by atoms with Crippen molar-refractivity contribution in [3.05, 3.63) is 36.6 Å². The summed E-state index contributed by atoms with van der Waals surface area (Å²) >= 11 is 0. The number of amides is 1. The van der Waals surface area contributed by atoms with Gasteiger partial charge in [0, 0.05) is 13.0 Å². The molecule has 1 unspecified atom stereocenters. The molecule has 1 aliphatic heterocycles. The normalized spacial score (nSPS) is 21.8. The zero-order valence-electron chi connectivity index (χ0n) is 9.03. The van der Waals surface area contributed by atoms with Crippen LogP contribution < -0.4 is 5.32 Å². The second-order valence-corrected chi connectivity index (χ2v) is 3.52. The van der Waals surface area contributed by atoms with Gasteiger partial charge in [-0.1, -0.05) is 18.7 Å². The van der Waals surface area contributed by atoms with Crippen LogP contribution in [0.25, 0.3) is 0 Å². The topological polar surface area (TPSA) is 38.3 Å². The molecule has 0 radical (unpaired) electrons. The summed E-state index contributed by atoms with van der Waals surface area (Å²) in [5, 5.41) is 2.81. The molecule has 0 aliphatic carbocycles. The third kappa shape index (κ3) is 4.02. The Kier molecular flexibility index (Phi) is 4.68. The Morgan fingerprint density at radius 3 is 3.07 bits per heavy atom. The highest BCUT2D eigenvalue weighted by Crippen LogP contribution is 2.14. The molecular formula is C12H17NO2. The average Bonchev–Trinajstić information content (AvgIpc) is 2.63. The number of carbonyl (C=O) groups excluding carboxylic acids is 1. The fourth-order valence-corrected chi connectivity index (χ4v) is 1.52. The lowest BCUT2D eigenvalue weighted by molar-refractivity contribution is -0.119. The van der Waals surface area contributed by atoms with Crippen molar-refractivity contribution < 1.29 is 9.53 Å². The lowest BCUT2D eigenvalue weighted by Crippen LogP contribution is -2.13. The lowest BCUT2D eigenvalue weighted by atomic mass is 10.0. The molecule has 0 aromatic rings. The van der Waals surface area contributed by atoms with Crippen LogP contribution in [0, 0.1) is 5.92 Å². The van der Waals surface area contributed by atoms with Gasteiger partial charge in [-0.3, -0.25) is 4.79 Å². The van der Waals surface area contributed by atoms with Crippen molar-refractivity contribution in [2.45, 2.75) is 12.8 Å². The van der Waals surface area contributed by atoms with Crippen LogP contribution in [-0.2, 0) is 9.53 Å². The summed E-state index contributed by atoms with van der Waals surface area (Å²) in [4.78, 5) is 10.9. The van der Waals surface area contributed by atoms with Crippen molar-refractivity contribution in [2.75, 3.05) is 13.7 Å². The Labute approximate surface area is 90.5 Å². The Bertz CT molecular complexity index is 292. The van der Waals surface area contributed by atoms with Crippen molar-refractivity contribution in [1.82, 2.24) is 5.32 Å². The highest BCUT2D eigenvalue weighted by molar-refractivity contribution is 5.78. The number of allylic oxidation sites excluding steroid dienone is 4. The van der Waals surface area contributed by atoms with E-state index in [1.807, 2.05) is 12.2 Å². The molecule has 1 atom stereocenters. The van der Waals surface area contributed by atoms with E-state index in [2.05, 4.69) is 11.9 Å². The van der Waals surface area contributed by atoms with Gasteiger partial charge in [0.05, 0.1) is 7.11 Å². The van der Waals surface area contributed by atoms with Gasteiger partial charge < -0.3 is 10.1 Å². The molecule has 0 aromatic heterocycles. The van der Waals surface area contributed by atoms with E-state index in [1.54, 1.807) is 19.3 Å². The number of methoxy groups -OCH3 is 1. The van der Waals surface area contributed by atoms with Crippen molar-refractivity contribution in [2.24, 2.45) is 5.92 Å². The van der Waals surface area contributed by atoms with E-state index in [0.29, 0.717) is 12.3 Å². The summed E-state index contributed by atoms with van der Waals surface area (Å²) in [7, 11) is 1.63. The van der Waals surface area contributed by atoms with Crippen LogP contribution in [0.3, 0.4) is 0 Å². The van der Waals surface area contributed by atoms with Gasteiger partial charge in [-0.25, -0.2) is 0 Å². The summed E-state index contributed by atoms with van der Waals surface area (Å²) < 4.78 is 5.10. The first-order valence-electron chi connectivity index (χ1n) is 5.06. The number of hydrogen-bond donors (Lipinski definition) is 1. The smallest absolute Gasteiger partial charge is 0.220 e. The maximum absolute atomic E-state index is 10.9. The van der Waals surface area contributed by atoms with Crippen LogP contribution in [0.4, 0.5) is 0 Å². The molecule has 1 rings (SSSR count). The summed E-state index contributed by atoms with van der Waals surface area (Å²) in [6.45, 7) is 4.39. The number of carbonyl (C=O) groups is 1. The van der Waals surface area contributed by atoms with E-state index < -0.39 is 0 Å². The minimum Gasteiger partial charge on any atom is -0.497 e. The molecule has 1 aliphatic rings. The van der Waals surface area contributed by atoms with Gasteiger partial charge in [-0.05, 0) is 24.5 Å². The van der Waals surface area contributed by atoms with Crippen LogP contribution in [0.1, 0.15) is 12.8 Å². The lowest BCUT2D eigenvalue weighted by Gasteiger charge is -2.02. The maximum atomic E-state index is 10.9. The minimum atomic E-state index is 0.155. The first kappa shape index (κ1) is 11.6. The molecule has 1 heterocycles. The third-order valence-corrected chi connectivity index (χ3v) is 2.33. The molecular weight excluding hydrogens is 190 g/mol. The zero-order chi connectivity index (χ0) is 11.1. The summed E-state index contributed by atoms with van der Waals surface area (Å²) in [5.41, 5.74) is 0. The molecule has 15 heavy (non-hydrogen) atoms. The molecule has 0 saturated carbocycles. The van der Waals surface area contributed by atoms with E-state index in [-0.39, 0.29) is 5.91 Å². The minimum absolute atomic E-state index is 0.155. The Morgan fingerprint density at radius 2 is 2.53 bits per heavy atom. The van der Waals surface area contributed by atoms with Gasteiger partial charge in [-0.2, -0.15) is 0 Å². The van der Waals surface area contributed by atoms with Crippen LogP contribution in [0.2, 0.25) is 0 Å². The van der Waals surface area contributed by atoms with Gasteiger partial charge in [0.1, 0.15) is 5.76 Å². The quantitative estimate of drug-likeness (QED) is 0.551. The zero-order valence-corrected chi connectivity index (χ0v) is 9.03. The fraction of sp³-hybridized carbons (Fsp3) is 0.417. The predicted molar refractivity (Wildman–Crippen MR) is 60.2 cm³/mol. The van der Waals surface area contributed by atoms with Crippen LogP contribution in [0.5, 0.6) is 0 Å². The summed E-state index contributed by atoms with van der Waals surface area (Å²) in [5.74, 6) is 1.36. The largest absolute Gasteiger partial charge is 0.497 e. The second kappa shape index (κ2) is 6.06. The number of hydrogen-bond acceptors (Lipinski definition) is 2. The van der Waals surface area contributed by atoms with Crippen LogP contribution >= 0.6 is 0 Å². The van der Waals surface area contributed by atoms with E-state index >= 15 is 0 Å². The Morgan fingerprint density at radius 1 is 1.73 bits per heavy atom. The molecule has 1 N–H and O–H groups in total. The van der Waals surface area contributed by atoms with Crippen molar-refractivity contribution in [1.29, 1.82) is 0 Å². The standard InChI is InChI=1S/C12H17NO2/c1-3-5-11(15-2)7-4-6-10-8-12(14)13-9-10/h3-5,7,10H,1,6,8-9H2,2H3,(H,13,14)/b7-4-,11-5+. The van der Waals surface area contributed by atoms with Crippen molar-refractivity contribution >= 4 is 5.91 Å². The molecule has 1 saturated heterocycles. The molecule has 3 heteroatoms. The maximum Gasteiger partial charge on any atom is 0.220 e. The van der Waals surface area contributed by atoms with Crippen LogP contribution in [0.15, 0.2) is 36.6 Å². The van der Waals surface area contributed by atoms with E-state index in [9.17, 15) is 4.79 Å². The molecule has 0 bridgehead atoms. The number of nitrogens with one attached hydrogen (secondary N) is 1.